The Morgan fingerprint density at radius 2 is 1.50 bits per heavy atom. The van der Waals surface area contributed by atoms with Crippen molar-refractivity contribution in [1.29, 1.82) is 5.26 Å². The van der Waals surface area contributed by atoms with Crippen molar-refractivity contribution >= 4 is 0 Å². The fourth-order valence-electron chi connectivity index (χ4n) is 0. The van der Waals surface area contributed by atoms with Crippen LogP contribution in [0.2, 0.25) is 0 Å². The average Bonchev–Trinajstić information content (AvgIpc) is 1.69. The lowest BCUT2D eigenvalue weighted by molar-refractivity contribution is 1.54. The molecule has 0 unspecified atom stereocenters. The van der Waals surface area contributed by atoms with Crippen molar-refractivity contribution in [3.05, 3.63) is 31.5 Å². The first-order valence-electron chi connectivity index (χ1n) is 1.63. The molecule has 0 saturated heterocycles. The van der Waals surface area contributed by atoms with Crippen LogP contribution in [0.3, 0.4) is 0 Å². The van der Waals surface area contributed by atoms with E-state index in [1.165, 1.54) is 6.08 Å². The zero-order valence-electron chi connectivity index (χ0n) is 4.85. The number of nitrogens with zero attached hydrogens (tertiary/aromatic N) is 1. The van der Waals surface area contributed by atoms with E-state index < -0.39 is 0 Å². The van der Waals surface area contributed by atoms with Crippen LogP contribution in [0.15, 0.2) is 31.5 Å². The first kappa shape index (κ1) is 15.9. The van der Waals surface area contributed by atoms with Crippen LogP contribution >= 0.6 is 0 Å². The van der Waals surface area contributed by atoms with Crippen molar-refractivity contribution in [1.82, 2.24) is 6.15 Å². The molecule has 0 radical (unpaired) electrons. The molecular formula is C6H10N2. The molecule has 2 nitrogen and oxygen atoms in total. The van der Waals surface area contributed by atoms with Crippen LogP contribution in [-0.2, 0) is 0 Å². The van der Waals surface area contributed by atoms with Gasteiger partial charge in [-0.05, 0) is 0 Å². The van der Waals surface area contributed by atoms with Gasteiger partial charge >= 0.3 is 0 Å². The van der Waals surface area contributed by atoms with E-state index in [-0.39, 0.29) is 6.15 Å². The van der Waals surface area contributed by atoms with Gasteiger partial charge in [0.1, 0.15) is 0 Å². The minimum Gasteiger partial charge on any atom is -0.344 e. The highest BCUT2D eigenvalue weighted by Gasteiger charge is 1.34. The normalized spacial score (nSPS) is 2.88. The third-order valence-electron chi connectivity index (χ3n) is 0.0913. The smallest absolute Gasteiger partial charge is 0.0905 e. The van der Waals surface area contributed by atoms with Gasteiger partial charge < -0.3 is 6.15 Å². The van der Waals surface area contributed by atoms with E-state index in [4.69, 9.17) is 5.26 Å². The maximum absolute atomic E-state index is 7.51. The predicted molar refractivity (Wildman–Crippen MR) is 35.6 cm³/mol. The molecule has 0 aliphatic heterocycles. The molecule has 8 heavy (non-hydrogen) atoms. The van der Waals surface area contributed by atoms with Crippen molar-refractivity contribution in [2.75, 3.05) is 0 Å². The molecular weight excluding hydrogens is 100 g/mol. The largest absolute Gasteiger partial charge is 0.344 e. The van der Waals surface area contributed by atoms with Gasteiger partial charge in [-0.25, -0.2) is 0 Å². The molecule has 0 heterocycles. The summed E-state index contributed by atoms with van der Waals surface area (Å²) in [7, 11) is 0. The Morgan fingerprint density at radius 1 is 1.38 bits per heavy atom. The quantitative estimate of drug-likeness (QED) is 0.382. The molecule has 0 aromatic carbocycles. The summed E-state index contributed by atoms with van der Waals surface area (Å²) in [6.07, 6.45) is 1.18. The number of nitriles is 1. The number of rotatable bonds is 0. The van der Waals surface area contributed by atoms with Crippen molar-refractivity contribution in [2.24, 2.45) is 0 Å². The Hall–Kier alpha value is -1.29. The van der Waals surface area contributed by atoms with Crippen LogP contribution in [0.1, 0.15) is 0 Å². The van der Waals surface area contributed by atoms with Gasteiger partial charge in [-0.1, -0.05) is 19.7 Å². The van der Waals surface area contributed by atoms with Crippen molar-refractivity contribution < 1.29 is 0 Å². The van der Waals surface area contributed by atoms with E-state index in [0.717, 1.165) is 0 Å². The highest BCUT2D eigenvalue weighted by Crippen LogP contribution is 1.41. The predicted octanol–water partition coefficient (Wildman–Crippen LogP) is 1.82. The van der Waals surface area contributed by atoms with Gasteiger partial charge in [0.15, 0.2) is 0 Å². The second kappa shape index (κ2) is 43.3. The monoisotopic (exact) mass is 110 g/mol. The SMILES string of the molecule is C=C=C.C=CC#N.N. The van der Waals surface area contributed by atoms with Crippen molar-refractivity contribution in [3.8, 4) is 6.07 Å². The van der Waals surface area contributed by atoms with E-state index in [0.29, 0.717) is 0 Å². The lowest BCUT2D eigenvalue weighted by Gasteiger charge is -1.31. The lowest BCUT2D eigenvalue weighted by atomic mass is 10.8. The fraction of sp³-hybridized carbons (Fsp3) is 0. The van der Waals surface area contributed by atoms with Gasteiger partial charge in [0.25, 0.3) is 0 Å². The van der Waals surface area contributed by atoms with Gasteiger partial charge in [0.05, 0.1) is 6.07 Å². The second-order valence-corrected chi connectivity index (χ2v) is 0.583. The molecule has 0 spiro atoms. The molecule has 0 aromatic heterocycles. The summed E-state index contributed by atoms with van der Waals surface area (Å²) in [4.78, 5) is 0. The molecule has 0 bridgehead atoms. The zero-order valence-corrected chi connectivity index (χ0v) is 4.85. The number of hydrogen-bond acceptors (Lipinski definition) is 2. The molecule has 0 aliphatic rings. The summed E-state index contributed by atoms with van der Waals surface area (Å²) in [5.41, 5.74) is 2.25. The minimum absolute atomic E-state index is 0. The molecule has 0 saturated carbocycles. The molecule has 0 fully saturated rings. The van der Waals surface area contributed by atoms with E-state index in [9.17, 15) is 0 Å². The fourth-order valence-corrected chi connectivity index (χ4v) is 0. The Balaban J connectivity index is -0.0000000575. The summed E-state index contributed by atoms with van der Waals surface area (Å²) in [6.45, 7) is 9.37. The van der Waals surface area contributed by atoms with Crippen LogP contribution in [-0.4, -0.2) is 0 Å². The standard InChI is InChI=1S/C3H3N.C3H4.H3N/c1-2-3-4;1-3-2;/h2H,1H2;1-2H2;1H3. The van der Waals surface area contributed by atoms with Gasteiger partial charge in [-0.3, -0.25) is 0 Å². The minimum atomic E-state index is 0. The van der Waals surface area contributed by atoms with Crippen LogP contribution in [0.4, 0.5) is 0 Å². The van der Waals surface area contributed by atoms with Gasteiger partial charge in [0, 0.05) is 6.08 Å². The van der Waals surface area contributed by atoms with Crippen molar-refractivity contribution in [3.63, 3.8) is 0 Å². The third-order valence-corrected chi connectivity index (χ3v) is 0.0913. The molecule has 0 amide bonds. The summed E-state index contributed by atoms with van der Waals surface area (Å²) in [5, 5.41) is 7.51. The van der Waals surface area contributed by atoms with E-state index in [1.54, 1.807) is 6.07 Å². The molecule has 2 heteroatoms. The van der Waals surface area contributed by atoms with Gasteiger partial charge in [-0.15, -0.1) is 5.73 Å². The Bertz CT molecular complexity index is 102. The average molecular weight is 110 g/mol. The van der Waals surface area contributed by atoms with E-state index in [2.05, 4.69) is 25.5 Å². The highest BCUT2D eigenvalue weighted by molar-refractivity contribution is 4.93. The summed E-state index contributed by atoms with van der Waals surface area (Å²) >= 11 is 0. The maximum atomic E-state index is 7.51. The summed E-state index contributed by atoms with van der Waals surface area (Å²) in [6, 6.07) is 1.69. The molecule has 0 aliphatic carbocycles. The number of allylic oxidation sites excluding steroid dienone is 1. The lowest BCUT2D eigenvalue weighted by Crippen LogP contribution is -1.23. The summed E-state index contributed by atoms with van der Waals surface area (Å²) in [5.74, 6) is 0. The van der Waals surface area contributed by atoms with Crippen LogP contribution in [0.5, 0.6) is 0 Å². The molecule has 0 aromatic rings. The first-order valence-corrected chi connectivity index (χ1v) is 1.63. The topological polar surface area (TPSA) is 58.8 Å². The highest BCUT2D eigenvalue weighted by atomic mass is 14.2. The number of hydrogen-bond donors (Lipinski definition) is 1. The van der Waals surface area contributed by atoms with E-state index >= 15 is 0 Å². The van der Waals surface area contributed by atoms with Crippen molar-refractivity contribution in [2.45, 2.75) is 0 Å². The molecule has 0 atom stereocenters. The summed E-state index contributed by atoms with van der Waals surface area (Å²) < 4.78 is 0. The first-order chi connectivity index (χ1) is 3.33. The van der Waals surface area contributed by atoms with Crippen LogP contribution < -0.4 is 6.15 Å². The molecule has 3 N–H and O–H groups in total. The third kappa shape index (κ3) is 771. The second-order valence-electron chi connectivity index (χ2n) is 0.583. The van der Waals surface area contributed by atoms with E-state index in [1.807, 2.05) is 0 Å². The Kier molecular flexibility index (Phi) is 86.1. The molecule has 0 rings (SSSR count). The van der Waals surface area contributed by atoms with Gasteiger partial charge in [-0.2, -0.15) is 5.26 Å². The maximum Gasteiger partial charge on any atom is 0.0905 e. The van der Waals surface area contributed by atoms with Crippen LogP contribution in [0, 0.1) is 11.3 Å². The van der Waals surface area contributed by atoms with Crippen LogP contribution in [0.25, 0.3) is 0 Å². The molecule has 44 valence electrons. The zero-order chi connectivity index (χ0) is 6.12. The Labute approximate surface area is 50.0 Å². The Morgan fingerprint density at radius 3 is 1.50 bits per heavy atom. The van der Waals surface area contributed by atoms with Gasteiger partial charge in [0.2, 0.25) is 0 Å².